The molecule has 0 amide bonds. The standard InChI is InChI=1S/C2H8BOP/c3-5-2-1-4/h4-5H,1-3H2. The highest BCUT2D eigenvalue weighted by molar-refractivity contribution is 7.66. The first-order valence-corrected chi connectivity index (χ1v) is 3.38. The molecule has 1 unspecified atom stereocenters. The van der Waals surface area contributed by atoms with E-state index in [0.717, 1.165) is 14.6 Å². The average Bonchev–Trinajstić information content (AvgIpc) is 1.41. The predicted molar refractivity (Wildman–Crippen MR) is 28.8 cm³/mol. The van der Waals surface area contributed by atoms with Crippen molar-refractivity contribution in [1.82, 2.24) is 0 Å². The lowest BCUT2D eigenvalue weighted by Gasteiger charge is -1.80. The summed E-state index contributed by atoms with van der Waals surface area (Å²) >= 11 is 0. The van der Waals surface area contributed by atoms with Crippen molar-refractivity contribution in [1.29, 1.82) is 0 Å². The lowest BCUT2D eigenvalue weighted by atomic mass is 10.8. The lowest BCUT2D eigenvalue weighted by Crippen LogP contribution is -1.79. The molecule has 0 aliphatic carbocycles. The summed E-state index contributed by atoms with van der Waals surface area (Å²) in [4.78, 5) is 0. The van der Waals surface area contributed by atoms with Crippen molar-refractivity contribution >= 4 is 16.0 Å². The van der Waals surface area contributed by atoms with E-state index < -0.39 is 0 Å². The second-order valence-corrected chi connectivity index (χ2v) is 2.03. The molecule has 0 radical (unpaired) electrons. The molecule has 0 aliphatic heterocycles. The Morgan fingerprint density at radius 1 is 1.80 bits per heavy atom. The molecule has 5 heavy (non-hydrogen) atoms. The van der Waals surface area contributed by atoms with E-state index in [0.29, 0.717) is 6.61 Å². The molecule has 0 bridgehead atoms. The average molecular weight is 89.9 g/mol. The van der Waals surface area contributed by atoms with E-state index in [9.17, 15) is 0 Å². The molecular formula is C2H8BOP. The van der Waals surface area contributed by atoms with Gasteiger partial charge in [0.1, 0.15) is 7.57 Å². The Bertz CT molecular complexity index is 17.1. The maximum absolute atomic E-state index is 8.07. The highest BCUT2D eigenvalue weighted by Gasteiger charge is 1.68. The van der Waals surface area contributed by atoms with E-state index in [1.807, 2.05) is 0 Å². The van der Waals surface area contributed by atoms with Crippen LogP contribution in [0.25, 0.3) is 0 Å². The van der Waals surface area contributed by atoms with Gasteiger partial charge in [0.25, 0.3) is 0 Å². The fraction of sp³-hybridized carbons (Fsp3) is 1.00. The summed E-state index contributed by atoms with van der Waals surface area (Å²) in [7, 11) is 2.99. The van der Waals surface area contributed by atoms with Crippen LogP contribution in [0.1, 0.15) is 0 Å². The third kappa shape index (κ3) is 4.45. The van der Waals surface area contributed by atoms with Gasteiger partial charge >= 0.3 is 0 Å². The fourth-order valence-corrected chi connectivity index (χ4v) is 0.335. The molecule has 1 N–H and O–H groups in total. The Morgan fingerprint density at radius 3 is 2.40 bits per heavy atom. The molecule has 0 fully saturated rings. The van der Waals surface area contributed by atoms with Gasteiger partial charge in [0.2, 0.25) is 0 Å². The highest BCUT2D eigenvalue weighted by atomic mass is 31.1. The molecule has 0 spiro atoms. The fourth-order valence-electron chi connectivity index (χ4n) is 0.112. The summed E-state index contributed by atoms with van der Waals surface area (Å²) in [6.45, 7) is 0.356. The number of aliphatic hydroxyl groups is 1. The lowest BCUT2D eigenvalue weighted by molar-refractivity contribution is 0.322. The van der Waals surface area contributed by atoms with Crippen molar-refractivity contribution in [2.24, 2.45) is 0 Å². The maximum Gasteiger partial charge on any atom is 0.130 e. The minimum Gasteiger partial charge on any atom is -0.396 e. The summed E-state index contributed by atoms with van der Waals surface area (Å²) in [5.41, 5.74) is 0. The van der Waals surface area contributed by atoms with Crippen LogP contribution in [-0.2, 0) is 0 Å². The van der Waals surface area contributed by atoms with Gasteiger partial charge in [0, 0.05) is 6.61 Å². The van der Waals surface area contributed by atoms with Gasteiger partial charge in [0.05, 0.1) is 0 Å². The normalized spacial score (nSPS) is 10.6. The topological polar surface area (TPSA) is 20.2 Å². The minimum atomic E-state index is 0.356. The van der Waals surface area contributed by atoms with Crippen molar-refractivity contribution in [2.45, 2.75) is 0 Å². The smallest absolute Gasteiger partial charge is 0.130 e. The van der Waals surface area contributed by atoms with Crippen molar-refractivity contribution in [3.63, 3.8) is 0 Å². The van der Waals surface area contributed by atoms with Crippen LogP contribution in [0.5, 0.6) is 0 Å². The van der Waals surface area contributed by atoms with Crippen LogP contribution < -0.4 is 0 Å². The summed E-state index contributed by atoms with van der Waals surface area (Å²) in [5, 5.41) is 8.07. The number of hydrogen-bond acceptors (Lipinski definition) is 1. The Labute approximate surface area is 34.9 Å². The third-order valence-electron chi connectivity index (χ3n) is 0.362. The van der Waals surface area contributed by atoms with E-state index in [2.05, 4.69) is 7.57 Å². The number of rotatable bonds is 2. The molecule has 0 aromatic rings. The zero-order valence-electron chi connectivity index (χ0n) is 3.36. The molecule has 0 aromatic carbocycles. The zero-order valence-corrected chi connectivity index (χ0v) is 4.36. The van der Waals surface area contributed by atoms with Gasteiger partial charge in [0.15, 0.2) is 0 Å². The second kappa shape index (κ2) is 4.45. The highest BCUT2D eigenvalue weighted by Crippen LogP contribution is 1.94. The van der Waals surface area contributed by atoms with Crippen molar-refractivity contribution in [3.05, 3.63) is 0 Å². The number of hydrogen-bond donors (Lipinski definition) is 1. The van der Waals surface area contributed by atoms with Crippen molar-refractivity contribution in [3.8, 4) is 0 Å². The molecular weight excluding hydrogens is 81.8 g/mol. The van der Waals surface area contributed by atoms with Crippen molar-refractivity contribution in [2.75, 3.05) is 12.8 Å². The third-order valence-corrected chi connectivity index (χ3v) is 1.09. The van der Waals surface area contributed by atoms with Crippen LogP contribution in [0.2, 0.25) is 0 Å². The molecule has 1 nitrogen and oxygen atoms in total. The summed E-state index contributed by atoms with van der Waals surface area (Å²) < 4.78 is 0. The largest absolute Gasteiger partial charge is 0.396 e. The van der Waals surface area contributed by atoms with E-state index >= 15 is 0 Å². The molecule has 0 saturated carbocycles. The summed E-state index contributed by atoms with van der Waals surface area (Å²) in [6.07, 6.45) is 0.972. The van der Waals surface area contributed by atoms with Gasteiger partial charge < -0.3 is 5.11 Å². The summed E-state index contributed by atoms with van der Waals surface area (Å²) in [6, 6.07) is 0. The molecule has 0 heterocycles. The molecule has 3 heteroatoms. The van der Waals surface area contributed by atoms with E-state index in [4.69, 9.17) is 5.11 Å². The van der Waals surface area contributed by atoms with Gasteiger partial charge in [-0.2, -0.15) is 8.46 Å². The Kier molecular flexibility index (Phi) is 4.86. The first-order chi connectivity index (χ1) is 2.41. The van der Waals surface area contributed by atoms with Gasteiger partial charge in [-0.3, -0.25) is 0 Å². The van der Waals surface area contributed by atoms with Gasteiger partial charge in [-0.25, -0.2) is 0 Å². The SMILES string of the molecule is BPCCO. The van der Waals surface area contributed by atoms with Crippen molar-refractivity contribution < 1.29 is 5.11 Å². The first kappa shape index (κ1) is 5.45. The van der Waals surface area contributed by atoms with Gasteiger partial charge in [-0.1, -0.05) is 0 Å². The quantitative estimate of drug-likeness (QED) is 0.347. The van der Waals surface area contributed by atoms with Gasteiger partial charge in [-0.15, -0.1) is 0 Å². The van der Waals surface area contributed by atoms with E-state index in [1.165, 1.54) is 0 Å². The van der Waals surface area contributed by atoms with Crippen LogP contribution in [-0.4, -0.2) is 25.4 Å². The molecule has 1 atom stereocenters. The van der Waals surface area contributed by atoms with E-state index in [1.54, 1.807) is 0 Å². The van der Waals surface area contributed by atoms with Crippen LogP contribution >= 0.6 is 8.46 Å². The van der Waals surface area contributed by atoms with Crippen LogP contribution in [0.3, 0.4) is 0 Å². The van der Waals surface area contributed by atoms with Gasteiger partial charge in [-0.05, 0) is 6.16 Å². The zero-order chi connectivity index (χ0) is 4.12. The first-order valence-electron chi connectivity index (χ1n) is 1.67. The Balaban J connectivity index is 2.19. The Hall–Kier alpha value is 0.455. The molecule has 30 valence electrons. The second-order valence-electron chi connectivity index (χ2n) is 0.827. The predicted octanol–water partition coefficient (Wildman–Crippen LogP) is -0.795. The maximum atomic E-state index is 8.07. The van der Waals surface area contributed by atoms with Crippen LogP contribution in [0, 0.1) is 0 Å². The van der Waals surface area contributed by atoms with Crippen LogP contribution in [0.4, 0.5) is 0 Å². The molecule has 0 saturated heterocycles. The molecule has 0 aliphatic rings. The van der Waals surface area contributed by atoms with E-state index in [-0.39, 0.29) is 0 Å². The number of aliphatic hydroxyl groups excluding tert-OH is 1. The Morgan fingerprint density at radius 2 is 2.40 bits per heavy atom. The monoisotopic (exact) mass is 90.0 g/mol. The molecule has 0 rings (SSSR count). The summed E-state index contributed by atoms with van der Waals surface area (Å²) in [5.74, 6) is 0. The van der Waals surface area contributed by atoms with Crippen LogP contribution in [0.15, 0.2) is 0 Å². The molecule has 0 aromatic heterocycles. The minimum absolute atomic E-state index is 0.356.